The van der Waals surface area contributed by atoms with E-state index in [1.807, 2.05) is 19.0 Å². The Labute approximate surface area is 154 Å². The van der Waals surface area contributed by atoms with Crippen LogP contribution in [0.2, 0.25) is 0 Å². The van der Waals surface area contributed by atoms with Crippen molar-refractivity contribution in [2.45, 2.75) is 12.3 Å². The Balaban J connectivity index is 1.62. The first kappa shape index (κ1) is 16.9. The number of benzene rings is 2. The van der Waals surface area contributed by atoms with Gasteiger partial charge < -0.3 is 19.9 Å². The molecule has 2 aromatic rings. The summed E-state index contributed by atoms with van der Waals surface area (Å²) in [4.78, 5) is 16.7. The summed E-state index contributed by atoms with van der Waals surface area (Å²) >= 11 is 0. The molecule has 1 amide bonds. The third kappa shape index (κ3) is 3.27. The molecule has 1 saturated heterocycles. The van der Waals surface area contributed by atoms with Crippen LogP contribution >= 0.6 is 0 Å². The molecule has 1 N–H and O–H groups in total. The van der Waals surface area contributed by atoms with Gasteiger partial charge in [0, 0.05) is 56.6 Å². The maximum absolute atomic E-state index is 12.3. The number of anilines is 3. The number of hydrogen-bond acceptors (Lipinski definition) is 4. The van der Waals surface area contributed by atoms with Crippen LogP contribution in [0.15, 0.2) is 42.5 Å². The average Bonchev–Trinajstić information content (AvgIpc) is 2.67. The number of morpholine rings is 1. The van der Waals surface area contributed by atoms with Gasteiger partial charge in [-0.2, -0.15) is 0 Å². The summed E-state index contributed by atoms with van der Waals surface area (Å²) in [6, 6.07) is 15.0. The van der Waals surface area contributed by atoms with E-state index in [0.717, 1.165) is 37.7 Å². The van der Waals surface area contributed by atoms with Crippen molar-refractivity contribution in [2.75, 3.05) is 55.5 Å². The number of nitrogens with zero attached hydrogens (tertiary/aromatic N) is 2. The van der Waals surface area contributed by atoms with Crippen LogP contribution in [0.5, 0.6) is 0 Å². The van der Waals surface area contributed by atoms with Crippen molar-refractivity contribution >= 4 is 23.0 Å². The molecule has 2 aliphatic heterocycles. The number of fused-ring (bicyclic) bond motifs is 1. The number of carbonyl (C=O) groups excluding carboxylic acids is 1. The van der Waals surface area contributed by atoms with Gasteiger partial charge in [-0.05, 0) is 35.4 Å². The molecule has 1 atom stereocenters. The van der Waals surface area contributed by atoms with Gasteiger partial charge in [0.2, 0.25) is 5.91 Å². The number of amides is 1. The summed E-state index contributed by atoms with van der Waals surface area (Å²) in [6.07, 6.45) is 0.491. The molecule has 0 radical (unpaired) electrons. The molecule has 26 heavy (non-hydrogen) atoms. The van der Waals surface area contributed by atoms with Crippen LogP contribution < -0.4 is 15.1 Å². The third-order valence-electron chi connectivity index (χ3n) is 5.26. The molecule has 2 heterocycles. The number of rotatable bonds is 3. The summed E-state index contributed by atoms with van der Waals surface area (Å²) < 4.78 is 5.43. The fraction of sp³-hybridized carbons (Fsp3) is 0.381. The predicted octanol–water partition coefficient (Wildman–Crippen LogP) is 3.06. The van der Waals surface area contributed by atoms with Gasteiger partial charge in [0.15, 0.2) is 0 Å². The Bertz CT molecular complexity index is 795. The molecular weight excluding hydrogens is 326 g/mol. The molecule has 0 saturated carbocycles. The van der Waals surface area contributed by atoms with Gasteiger partial charge in [-0.3, -0.25) is 4.79 Å². The van der Waals surface area contributed by atoms with E-state index in [-0.39, 0.29) is 11.8 Å². The predicted molar refractivity (Wildman–Crippen MR) is 105 cm³/mol. The monoisotopic (exact) mass is 351 g/mol. The lowest BCUT2D eigenvalue weighted by Gasteiger charge is -2.30. The van der Waals surface area contributed by atoms with Gasteiger partial charge >= 0.3 is 0 Å². The molecule has 4 rings (SSSR count). The zero-order valence-electron chi connectivity index (χ0n) is 15.4. The molecule has 0 aromatic heterocycles. The lowest BCUT2D eigenvalue weighted by Crippen LogP contribution is -2.36. The highest BCUT2D eigenvalue weighted by molar-refractivity contribution is 5.96. The Morgan fingerprint density at radius 3 is 2.50 bits per heavy atom. The van der Waals surface area contributed by atoms with Crippen molar-refractivity contribution in [1.82, 2.24) is 0 Å². The van der Waals surface area contributed by atoms with Gasteiger partial charge in [0.1, 0.15) is 0 Å². The lowest BCUT2D eigenvalue weighted by atomic mass is 9.84. The largest absolute Gasteiger partial charge is 0.378 e. The van der Waals surface area contributed by atoms with E-state index in [2.05, 4.69) is 52.7 Å². The van der Waals surface area contributed by atoms with Crippen molar-refractivity contribution in [1.29, 1.82) is 0 Å². The van der Waals surface area contributed by atoms with Crippen molar-refractivity contribution in [2.24, 2.45) is 0 Å². The molecule has 2 aromatic carbocycles. The van der Waals surface area contributed by atoms with Crippen LogP contribution in [0.25, 0.3) is 0 Å². The van der Waals surface area contributed by atoms with E-state index in [9.17, 15) is 4.79 Å². The minimum Gasteiger partial charge on any atom is -0.378 e. The fourth-order valence-electron chi connectivity index (χ4n) is 3.77. The van der Waals surface area contributed by atoms with Crippen molar-refractivity contribution < 1.29 is 9.53 Å². The number of ether oxygens (including phenoxy) is 1. The number of carbonyl (C=O) groups is 1. The normalized spacial score (nSPS) is 19.7. The van der Waals surface area contributed by atoms with Crippen LogP contribution in [0, 0.1) is 0 Å². The maximum atomic E-state index is 12.3. The van der Waals surface area contributed by atoms with Gasteiger partial charge in [-0.15, -0.1) is 0 Å². The van der Waals surface area contributed by atoms with Gasteiger partial charge in [0.05, 0.1) is 13.2 Å². The molecule has 0 bridgehead atoms. The second-order valence-electron chi connectivity index (χ2n) is 7.16. The Morgan fingerprint density at radius 2 is 1.81 bits per heavy atom. The summed E-state index contributed by atoms with van der Waals surface area (Å²) in [7, 11) is 4.02. The summed E-state index contributed by atoms with van der Waals surface area (Å²) in [5.74, 6) is 0.185. The zero-order valence-corrected chi connectivity index (χ0v) is 15.4. The standard InChI is InChI=1S/C21H25N3O2/c1-23(2)17-7-8-18-19(14-21(25)22-20(18)13-17)15-3-5-16(6-4-15)24-9-11-26-12-10-24/h3-8,13,19H,9-12,14H2,1-2H3,(H,22,25). The molecule has 5 nitrogen and oxygen atoms in total. The molecule has 2 aliphatic rings. The number of nitrogens with one attached hydrogen (secondary N) is 1. The first-order valence-electron chi connectivity index (χ1n) is 9.15. The van der Waals surface area contributed by atoms with Crippen LogP contribution in [0.3, 0.4) is 0 Å². The van der Waals surface area contributed by atoms with Crippen molar-refractivity contribution in [3.05, 3.63) is 53.6 Å². The smallest absolute Gasteiger partial charge is 0.225 e. The highest BCUT2D eigenvalue weighted by atomic mass is 16.5. The summed E-state index contributed by atoms with van der Waals surface area (Å²) in [6.45, 7) is 3.43. The van der Waals surface area contributed by atoms with E-state index >= 15 is 0 Å². The second kappa shape index (κ2) is 7.00. The SMILES string of the molecule is CN(C)c1ccc2c(c1)NC(=O)CC2c1ccc(N2CCOCC2)cc1. The van der Waals surface area contributed by atoms with Crippen LogP contribution in [-0.2, 0) is 9.53 Å². The minimum atomic E-state index is 0.0793. The van der Waals surface area contributed by atoms with Gasteiger partial charge in [-0.25, -0.2) is 0 Å². The van der Waals surface area contributed by atoms with E-state index in [1.54, 1.807) is 0 Å². The Morgan fingerprint density at radius 1 is 1.08 bits per heavy atom. The van der Waals surface area contributed by atoms with E-state index in [4.69, 9.17) is 4.74 Å². The minimum absolute atomic E-state index is 0.0793. The second-order valence-corrected chi connectivity index (χ2v) is 7.16. The molecule has 5 heteroatoms. The molecule has 1 unspecified atom stereocenters. The topological polar surface area (TPSA) is 44.8 Å². The number of hydrogen-bond donors (Lipinski definition) is 1. The van der Waals surface area contributed by atoms with Crippen molar-refractivity contribution in [3.8, 4) is 0 Å². The Hall–Kier alpha value is -2.53. The van der Waals surface area contributed by atoms with Gasteiger partial charge in [0.25, 0.3) is 0 Å². The van der Waals surface area contributed by atoms with Gasteiger partial charge in [-0.1, -0.05) is 18.2 Å². The average molecular weight is 351 g/mol. The Kier molecular flexibility index (Phi) is 4.55. The van der Waals surface area contributed by atoms with Crippen LogP contribution in [0.4, 0.5) is 17.1 Å². The molecular formula is C21H25N3O2. The van der Waals surface area contributed by atoms with E-state index in [0.29, 0.717) is 6.42 Å². The third-order valence-corrected chi connectivity index (χ3v) is 5.26. The molecule has 0 aliphatic carbocycles. The fourth-order valence-corrected chi connectivity index (χ4v) is 3.77. The van der Waals surface area contributed by atoms with Crippen molar-refractivity contribution in [3.63, 3.8) is 0 Å². The van der Waals surface area contributed by atoms with E-state index in [1.165, 1.54) is 16.8 Å². The zero-order chi connectivity index (χ0) is 18.1. The highest BCUT2D eigenvalue weighted by Gasteiger charge is 2.27. The highest BCUT2D eigenvalue weighted by Crippen LogP contribution is 2.39. The van der Waals surface area contributed by atoms with E-state index < -0.39 is 0 Å². The summed E-state index contributed by atoms with van der Waals surface area (Å²) in [5.41, 5.74) is 5.62. The molecule has 0 spiro atoms. The quantitative estimate of drug-likeness (QED) is 0.923. The van der Waals surface area contributed by atoms with Crippen LogP contribution in [-0.4, -0.2) is 46.3 Å². The lowest BCUT2D eigenvalue weighted by molar-refractivity contribution is -0.116. The summed E-state index contributed by atoms with van der Waals surface area (Å²) in [5, 5.41) is 3.03. The van der Waals surface area contributed by atoms with Crippen LogP contribution in [0.1, 0.15) is 23.5 Å². The molecule has 136 valence electrons. The first-order valence-corrected chi connectivity index (χ1v) is 9.15. The maximum Gasteiger partial charge on any atom is 0.225 e. The molecule has 1 fully saturated rings. The first-order chi connectivity index (χ1) is 12.6.